The Kier molecular flexibility index (Phi) is 7.13. The molecule has 0 amide bonds. The molecule has 2 aromatic carbocycles. The predicted molar refractivity (Wildman–Crippen MR) is 113 cm³/mol. The molecule has 2 unspecified atom stereocenters. The maximum absolute atomic E-state index is 10.3. The molecule has 1 fully saturated rings. The lowest BCUT2D eigenvalue weighted by Gasteiger charge is -2.32. The Labute approximate surface area is 166 Å². The van der Waals surface area contributed by atoms with Crippen LogP contribution < -0.4 is 0 Å². The fraction of sp³-hybridized carbons (Fsp3) is 0.391. The highest BCUT2D eigenvalue weighted by Crippen LogP contribution is 2.44. The summed E-state index contributed by atoms with van der Waals surface area (Å²) in [6.07, 6.45) is 3.73. The Morgan fingerprint density at radius 2 is 1.89 bits per heavy atom. The normalized spacial score (nSPS) is 22.6. The number of thioether (sulfide) groups is 1. The number of hydrogen-bond donors (Lipinski definition) is 2. The van der Waals surface area contributed by atoms with E-state index in [4.69, 9.17) is 4.74 Å². The van der Waals surface area contributed by atoms with Crippen molar-refractivity contribution >= 4 is 17.8 Å². The number of benzene rings is 2. The molecule has 0 saturated carbocycles. The fourth-order valence-electron chi connectivity index (χ4n) is 3.66. The summed E-state index contributed by atoms with van der Waals surface area (Å²) in [6.45, 7) is 4.46. The quantitative estimate of drug-likeness (QED) is 0.745. The first-order valence-electron chi connectivity index (χ1n) is 9.39. The zero-order chi connectivity index (χ0) is 19.2. The van der Waals surface area contributed by atoms with E-state index >= 15 is 0 Å². The summed E-state index contributed by atoms with van der Waals surface area (Å²) in [4.78, 5) is 0. The third-order valence-corrected chi connectivity index (χ3v) is 6.56. The van der Waals surface area contributed by atoms with Crippen LogP contribution in [-0.2, 0) is 17.8 Å². The van der Waals surface area contributed by atoms with Crippen LogP contribution >= 0.6 is 11.8 Å². The summed E-state index contributed by atoms with van der Waals surface area (Å²) in [7, 11) is 1.71. The third-order valence-electron chi connectivity index (χ3n) is 5.06. The van der Waals surface area contributed by atoms with Crippen molar-refractivity contribution in [2.45, 2.75) is 42.5 Å². The number of rotatable bonds is 7. The van der Waals surface area contributed by atoms with Gasteiger partial charge in [0.25, 0.3) is 0 Å². The number of aliphatic hydroxyl groups excluding tert-OH is 2. The van der Waals surface area contributed by atoms with E-state index in [1.807, 2.05) is 6.08 Å². The van der Waals surface area contributed by atoms with Crippen LogP contribution in [-0.4, -0.2) is 35.3 Å². The van der Waals surface area contributed by atoms with Gasteiger partial charge in [-0.05, 0) is 47.1 Å². The van der Waals surface area contributed by atoms with Crippen LogP contribution in [0.5, 0.6) is 0 Å². The fourth-order valence-corrected chi connectivity index (χ4v) is 5.24. The van der Waals surface area contributed by atoms with E-state index < -0.39 is 0 Å². The molecule has 144 valence electrons. The zero-order valence-corrected chi connectivity index (χ0v) is 16.6. The van der Waals surface area contributed by atoms with Crippen LogP contribution in [0.2, 0.25) is 0 Å². The van der Waals surface area contributed by atoms with Gasteiger partial charge in [0, 0.05) is 17.6 Å². The summed E-state index contributed by atoms with van der Waals surface area (Å²) in [5.74, 6) is 0. The van der Waals surface area contributed by atoms with Crippen molar-refractivity contribution < 1.29 is 14.9 Å². The average molecular weight is 385 g/mol. The molecule has 3 atom stereocenters. The number of aliphatic hydroxyl groups is 2. The van der Waals surface area contributed by atoms with E-state index in [0.29, 0.717) is 13.0 Å². The molecule has 4 heteroatoms. The van der Waals surface area contributed by atoms with Gasteiger partial charge in [-0.1, -0.05) is 55.1 Å². The minimum absolute atomic E-state index is 0.0873. The Balaban J connectivity index is 1.86. The molecule has 1 heterocycles. The van der Waals surface area contributed by atoms with E-state index in [2.05, 4.69) is 49.0 Å². The standard InChI is InChI=1S/C23H28O3S/c1-3-16-4-6-17(7-5-16)10-18-8-9-19(15-26-2)22(11-18)23-13-20(25)12-21(14-24)27-23/h3-9,11,20-21,23-25H,1,10,12-15H2,2H3/t20-,21?,23?/m0/s1. The Morgan fingerprint density at radius 1 is 1.15 bits per heavy atom. The summed E-state index contributed by atoms with van der Waals surface area (Å²) in [6, 6.07) is 15.0. The second kappa shape index (κ2) is 9.56. The molecule has 1 aliphatic rings. The zero-order valence-electron chi connectivity index (χ0n) is 15.8. The minimum atomic E-state index is -0.362. The van der Waals surface area contributed by atoms with Gasteiger partial charge in [0.05, 0.1) is 19.3 Å². The van der Waals surface area contributed by atoms with Gasteiger partial charge < -0.3 is 14.9 Å². The van der Waals surface area contributed by atoms with Crippen LogP contribution in [0, 0.1) is 0 Å². The lowest BCUT2D eigenvalue weighted by Crippen LogP contribution is -2.27. The second-order valence-corrected chi connectivity index (χ2v) is 8.65. The highest BCUT2D eigenvalue weighted by Gasteiger charge is 2.30. The van der Waals surface area contributed by atoms with Gasteiger partial charge in [-0.15, -0.1) is 11.8 Å². The number of hydrogen-bond acceptors (Lipinski definition) is 4. The maximum Gasteiger partial charge on any atom is 0.0716 e. The van der Waals surface area contributed by atoms with Crippen molar-refractivity contribution in [1.29, 1.82) is 0 Å². The van der Waals surface area contributed by atoms with Gasteiger partial charge in [0.2, 0.25) is 0 Å². The molecule has 0 aliphatic carbocycles. The third kappa shape index (κ3) is 5.23. The Hall–Kier alpha value is -1.59. The number of methoxy groups -OCH3 is 1. The molecular weight excluding hydrogens is 356 g/mol. The molecule has 3 rings (SSSR count). The predicted octanol–water partition coefficient (Wildman–Crippen LogP) is 4.36. The van der Waals surface area contributed by atoms with Gasteiger partial charge >= 0.3 is 0 Å². The Morgan fingerprint density at radius 3 is 2.56 bits per heavy atom. The highest BCUT2D eigenvalue weighted by molar-refractivity contribution is 8.00. The molecule has 0 spiro atoms. The summed E-state index contributed by atoms with van der Waals surface area (Å²) >= 11 is 1.77. The van der Waals surface area contributed by atoms with Gasteiger partial charge in [0.15, 0.2) is 0 Å². The minimum Gasteiger partial charge on any atom is -0.395 e. The largest absolute Gasteiger partial charge is 0.395 e. The van der Waals surface area contributed by atoms with Crippen molar-refractivity contribution in [3.05, 3.63) is 76.9 Å². The average Bonchev–Trinajstić information content (AvgIpc) is 2.69. The summed E-state index contributed by atoms with van der Waals surface area (Å²) in [5, 5.41) is 20.1. The molecule has 0 aromatic heterocycles. The van der Waals surface area contributed by atoms with Gasteiger partial charge in [-0.2, -0.15) is 0 Å². The molecule has 1 aliphatic heterocycles. The summed E-state index contributed by atoms with van der Waals surface area (Å²) < 4.78 is 5.39. The topological polar surface area (TPSA) is 49.7 Å². The van der Waals surface area contributed by atoms with Gasteiger partial charge in [-0.25, -0.2) is 0 Å². The first-order valence-corrected chi connectivity index (χ1v) is 10.3. The van der Waals surface area contributed by atoms with Gasteiger partial charge in [0.1, 0.15) is 0 Å². The monoisotopic (exact) mass is 384 g/mol. The van der Waals surface area contributed by atoms with E-state index in [9.17, 15) is 10.2 Å². The van der Waals surface area contributed by atoms with Crippen molar-refractivity contribution in [3.8, 4) is 0 Å². The van der Waals surface area contributed by atoms with Crippen LogP contribution in [0.1, 0.15) is 45.9 Å². The van der Waals surface area contributed by atoms with Crippen LogP contribution in [0.15, 0.2) is 49.0 Å². The van der Waals surface area contributed by atoms with E-state index in [-0.39, 0.29) is 23.2 Å². The van der Waals surface area contributed by atoms with E-state index in [0.717, 1.165) is 24.0 Å². The molecule has 27 heavy (non-hydrogen) atoms. The van der Waals surface area contributed by atoms with Crippen molar-refractivity contribution in [1.82, 2.24) is 0 Å². The molecule has 2 N–H and O–H groups in total. The van der Waals surface area contributed by atoms with Crippen LogP contribution in [0.4, 0.5) is 0 Å². The second-order valence-electron chi connectivity index (χ2n) is 7.14. The van der Waals surface area contributed by atoms with Crippen molar-refractivity contribution in [2.75, 3.05) is 13.7 Å². The first-order chi connectivity index (χ1) is 13.1. The maximum atomic E-state index is 10.3. The van der Waals surface area contributed by atoms with E-state index in [1.54, 1.807) is 18.9 Å². The smallest absolute Gasteiger partial charge is 0.0716 e. The van der Waals surface area contributed by atoms with Crippen LogP contribution in [0.25, 0.3) is 6.08 Å². The SMILES string of the molecule is C=Cc1ccc(Cc2ccc(COC)c(C3C[C@@H](O)CC(CO)S3)c2)cc1. The summed E-state index contributed by atoms with van der Waals surface area (Å²) in [5.41, 5.74) is 6.01. The molecular formula is C23H28O3S. The van der Waals surface area contributed by atoms with Gasteiger partial charge in [-0.3, -0.25) is 0 Å². The lowest BCUT2D eigenvalue weighted by atomic mass is 9.94. The van der Waals surface area contributed by atoms with Crippen LogP contribution in [0.3, 0.4) is 0 Å². The molecule has 2 aromatic rings. The van der Waals surface area contributed by atoms with Crippen molar-refractivity contribution in [2.24, 2.45) is 0 Å². The number of ether oxygens (including phenoxy) is 1. The molecule has 1 saturated heterocycles. The molecule has 3 nitrogen and oxygen atoms in total. The lowest BCUT2D eigenvalue weighted by molar-refractivity contribution is 0.136. The Bertz CT molecular complexity index is 757. The first kappa shape index (κ1) is 20.2. The molecule has 0 bridgehead atoms. The van der Waals surface area contributed by atoms with E-state index in [1.165, 1.54) is 16.7 Å². The molecule has 0 radical (unpaired) electrons. The highest BCUT2D eigenvalue weighted by atomic mass is 32.2. The van der Waals surface area contributed by atoms with Crippen molar-refractivity contribution in [3.63, 3.8) is 0 Å².